The molecule has 0 amide bonds. The van der Waals surface area contributed by atoms with Gasteiger partial charge in [-0.05, 0) is 32.6 Å². The fourth-order valence-corrected chi connectivity index (χ4v) is 1.90. The molecule has 94 valence electrons. The maximum Gasteiger partial charge on any atom is 0.154 e. The van der Waals surface area contributed by atoms with Crippen LogP contribution in [0.4, 0.5) is 0 Å². The monoisotopic (exact) mass is 244 g/mol. The molecular formula is C13H16N4O. The summed E-state index contributed by atoms with van der Waals surface area (Å²) >= 11 is 0. The first-order valence-corrected chi connectivity index (χ1v) is 5.72. The average Bonchev–Trinajstić information content (AvgIpc) is 2.70. The third kappa shape index (κ3) is 2.31. The molecule has 0 aliphatic rings. The van der Waals surface area contributed by atoms with Crippen LogP contribution in [0, 0.1) is 6.92 Å². The molecule has 0 bridgehead atoms. The van der Waals surface area contributed by atoms with Crippen LogP contribution in [0.3, 0.4) is 0 Å². The van der Waals surface area contributed by atoms with Crippen molar-refractivity contribution in [3.63, 3.8) is 0 Å². The van der Waals surface area contributed by atoms with E-state index < -0.39 is 0 Å². The highest BCUT2D eigenvalue weighted by Gasteiger charge is 2.15. The van der Waals surface area contributed by atoms with Crippen LogP contribution in [0.25, 0.3) is 11.4 Å². The molecule has 0 saturated heterocycles. The third-order valence-electron chi connectivity index (χ3n) is 2.73. The van der Waals surface area contributed by atoms with Crippen molar-refractivity contribution < 1.29 is 4.79 Å². The molecule has 0 spiro atoms. The number of hydrogen-bond acceptors (Lipinski definition) is 4. The minimum atomic E-state index is 0.578. The van der Waals surface area contributed by atoms with Crippen LogP contribution in [0.1, 0.15) is 21.6 Å². The Labute approximate surface area is 106 Å². The minimum Gasteiger partial charge on any atom is -0.305 e. The Bertz CT molecular complexity index is 560. The van der Waals surface area contributed by atoms with Crippen molar-refractivity contribution in [1.29, 1.82) is 0 Å². The van der Waals surface area contributed by atoms with Gasteiger partial charge in [-0.15, -0.1) is 0 Å². The number of aldehydes is 1. The summed E-state index contributed by atoms with van der Waals surface area (Å²) in [4.78, 5) is 17.5. The normalized spacial score (nSPS) is 10.9. The molecule has 0 fully saturated rings. The van der Waals surface area contributed by atoms with Crippen LogP contribution in [-0.2, 0) is 6.54 Å². The zero-order chi connectivity index (χ0) is 13.1. The number of hydrogen-bond donors (Lipinski definition) is 1. The number of aromatic nitrogens is 3. The number of pyridine rings is 1. The van der Waals surface area contributed by atoms with E-state index in [1.807, 2.05) is 26.2 Å². The van der Waals surface area contributed by atoms with Crippen LogP contribution < -0.4 is 0 Å². The van der Waals surface area contributed by atoms with Crippen molar-refractivity contribution in [1.82, 2.24) is 20.1 Å². The van der Waals surface area contributed by atoms with E-state index in [9.17, 15) is 4.79 Å². The van der Waals surface area contributed by atoms with E-state index in [0.717, 1.165) is 24.1 Å². The molecule has 2 aromatic rings. The average molecular weight is 244 g/mol. The number of carbonyl (C=O) groups excluding carboxylic acids is 1. The molecule has 1 N–H and O–H groups in total. The van der Waals surface area contributed by atoms with E-state index in [4.69, 9.17) is 0 Å². The molecule has 0 saturated carbocycles. The summed E-state index contributed by atoms with van der Waals surface area (Å²) in [6.45, 7) is 2.57. The van der Waals surface area contributed by atoms with Gasteiger partial charge in [-0.3, -0.25) is 14.9 Å². The van der Waals surface area contributed by atoms with Crippen molar-refractivity contribution in [2.24, 2.45) is 0 Å². The Balaban J connectivity index is 2.53. The van der Waals surface area contributed by atoms with Gasteiger partial charge in [-0.25, -0.2) is 0 Å². The molecule has 0 aliphatic heterocycles. The van der Waals surface area contributed by atoms with Gasteiger partial charge >= 0.3 is 0 Å². The van der Waals surface area contributed by atoms with E-state index >= 15 is 0 Å². The van der Waals surface area contributed by atoms with Crippen molar-refractivity contribution in [3.8, 4) is 11.4 Å². The van der Waals surface area contributed by atoms with Crippen molar-refractivity contribution in [2.45, 2.75) is 13.5 Å². The highest BCUT2D eigenvalue weighted by atomic mass is 16.1. The summed E-state index contributed by atoms with van der Waals surface area (Å²) in [5.41, 5.74) is 3.82. The van der Waals surface area contributed by atoms with Gasteiger partial charge in [0, 0.05) is 12.7 Å². The lowest BCUT2D eigenvalue weighted by atomic mass is 10.1. The SMILES string of the molecule is Cc1n[nH]c(-c2ncccc2CN(C)C)c1C=O. The second kappa shape index (κ2) is 5.10. The molecule has 0 aromatic carbocycles. The lowest BCUT2D eigenvalue weighted by Gasteiger charge is -2.12. The highest BCUT2D eigenvalue weighted by molar-refractivity contribution is 5.86. The molecule has 0 aliphatic carbocycles. The van der Waals surface area contributed by atoms with Crippen molar-refractivity contribution >= 4 is 6.29 Å². The molecule has 2 aromatic heterocycles. The van der Waals surface area contributed by atoms with Gasteiger partial charge in [-0.1, -0.05) is 6.07 Å². The second-order valence-corrected chi connectivity index (χ2v) is 4.46. The summed E-state index contributed by atoms with van der Waals surface area (Å²) in [5, 5.41) is 6.97. The van der Waals surface area contributed by atoms with Gasteiger partial charge in [0.2, 0.25) is 0 Å². The van der Waals surface area contributed by atoms with E-state index in [-0.39, 0.29) is 0 Å². The molecular weight excluding hydrogens is 228 g/mol. The van der Waals surface area contributed by atoms with Gasteiger partial charge in [0.05, 0.1) is 22.6 Å². The second-order valence-electron chi connectivity index (χ2n) is 4.46. The van der Waals surface area contributed by atoms with Gasteiger partial charge in [0.15, 0.2) is 6.29 Å². The number of nitrogens with one attached hydrogen (secondary N) is 1. The summed E-state index contributed by atoms with van der Waals surface area (Å²) in [6, 6.07) is 3.90. The summed E-state index contributed by atoms with van der Waals surface area (Å²) in [6.07, 6.45) is 2.54. The van der Waals surface area contributed by atoms with Crippen molar-refractivity contribution in [3.05, 3.63) is 35.2 Å². The van der Waals surface area contributed by atoms with Gasteiger partial charge in [0.1, 0.15) is 0 Å². The van der Waals surface area contributed by atoms with Gasteiger partial charge in [0.25, 0.3) is 0 Å². The first-order chi connectivity index (χ1) is 8.63. The number of aryl methyl sites for hydroxylation is 1. The molecule has 2 heterocycles. The maximum atomic E-state index is 11.1. The quantitative estimate of drug-likeness (QED) is 0.831. The summed E-state index contributed by atoms with van der Waals surface area (Å²) in [7, 11) is 3.99. The Hall–Kier alpha value is -2.01. The molecule has 0 radical (unpaired) electrons. The lowest BCUT2D eigenvalue weighted by molar-refractivity contribution is 0.112. The Morgan fingerprint density at radius 1 is 1.44 bits per heavy atom. The fourth-order valence-electron chi connectivity index (χ4n) is 1.90. The Kier molecular flexibility index (Phi) is 3.53. The fraction of sp³-hybridized carbons (Fsp3) is 0.308. The van der Waals surface area contributed by atoms with Gasteiger partial charge < -0.3 is 4.90 Å². The highest BCUT2D eigenvalue weighted by Crippen LogP contribution is 2.24. The largest absolute Gasteiger partial charge is 0.305 e. The molecule has 0 atom stereocenters. The first-order valence-electron chi connectivity index (χ1n) is 5.72. The zero-order valence-electron chi connectivity index (χ0n) is 10.8. The summed E-state index contributed by atoms with van der Waals surface area (Å²) < 4.78 is 0. The first kappa shape index (κ1) is 12.4. The molecule has 2 rings (SSSR count). The molecule has 5 heteroatoms. The van der Waals surface area contributed by atoms with Crippen LogP contribution in [0.15, 0.2) is 18.3 Å². The van der Waals surface area contributed by atoms with Crippen LogP contribution in [0.2, 0.25) is 0 Å². The molecule has 18 heavy (non-hydrogen) atoms. The van der Waals surface area contributed by atoms with E-state index in [0.29, 0.717) is 17.0 Å². The standard InChI is InChI=1S/C13H16N4O/c1-9-11(8-18)13(16-15-9)12-10(7-17(2)3)5-4-6-14-12/h4-6,8H,7H2,1-3H3,(H,15,16). The minimum absolute atomic E-state index is 0.578. The zero-order valence-corrected chi connectivity index (χ0v) is 10.8. The molecule has 0 unspecified atom stereocenters. The summed E-state index contributed by atoms with van der Waals surface area (Å²) in [5.74, 6) is 0. The van der Waals surface area contributed by atoms with Crippen molar-refractivity contribution in [2.75, 3.05) is 14.1 Å². The van der Waals surface area contributed by atoms with Gasteiger partial charge in [-0.2, -0.15) is 5.10 Å². The Morgan fingerprint density at radius 3 is 2.89 bits per heavy atom. The van der Waals surface area contributed by atoms with Crippen LogP contribution in [-0.4, -0.2) is 40.5 Å². The number of nitrogens with zero attached hydrogens (tertiary/aromatic N) is 3. The topological polar surface area (TPSA) is 61.9 Å². The van der Waals surface area contributed by atoms with Crippen LogP contribution >= 0.6 is 0 Å². The molecule has 5 nitrogen and oxygen atoms in total. The van der Waals surface area contributed by atoms with E-state index in [1.165, 1.54) is 0 Å². The number of rotatable bonds is 4. The smallest absolute Gasteiger partial charge is 0.154 e. The third-order valence-corrected chi connectivity index (χ3v) is 2.73. The number of carbonyl (C=O) groups is 1. The number of aromatic amines is 1. The Morgan fingerprint density at radius 2 is 2.22 bits per heavy atom. The van der Waals surface area contributed by atoms with E-state index in [2.05, 4.69) is 20.1 Å². The maximum absolute atomic E-state index is 11.1. The van der Waals surface area contributed by atoms with E-state index in [1.54, 1.807) is 13.1 Å². The number of H-pyrrole nitrogens is 1. The lowest BCUT2D eigenvalue weighted by Crippen LogP contribution is -2.12. The van der Waals surface area contributed by atoms with Crippen LogP contribution in [0.5, 0.6) is 0 Å². The predicted octanol–water partition coefficient (Wildman–Crippen LogP) is 1.65. The predicted molar refractivity (Wildman–Crippen MR) is 69.3 cm³/mol.